The zero-order chi connectivity index (χ0) is 23.1. The van der Waals surface area contributed by atoms with Crippen LogP contribution in [-0.2, 0) is 17.4 Å². The molecule has 0 aliphatic rings. The molecule has 0 atom stereocenters. The van der Waals surface area contributed by atoms with Gasteiger partial charge in [-0.15, -0.1) is 0 Å². The van der Waals surface area contributed by atoms with Crippen LogP contribution in [0.2, 0.25) is 5.02 Å². The van der Waals surface area contributed by atoms with E-state index in [4.69, 9.17) is 11.6 Å². The van der Waals surface area contributed by atoms with Crippen molar-refractivity contribution in [1.82, 2.24) is 9.88 Å². The van der Waals surface area contributed by atoms with Crippen LogP contribution in [0.5, 0.6) is 5.75 Å². The average molecular weight is 453 g/mol. The van der Waals surface area contributed by atoms with Crippen LogP contribution in [0.1, 0.15) is 41.0 Å². The fraction of sp³-hybridized carbons (Fsp3) is 0.273. The van der Waals surface area contributed by atoms with Gasteiger partial charge in [-0.1, -0.05) is 11.6 Å². The average Bonchev–Trinajstić information content (AvgIpc) is 2.91. The van der Waals surface area contributed by atoms with Gasteiger partial charge in [-0.3, -0.25) is 14.2 Å². The molecule has 0 saturated carbocycles. The van der Waals surface area contributed by atoms with E-state index in [0.29, 0.717) is 22.2 Å². The van der Waals surface area contributed by atoms with Gasteiger partial charge in [-0.05, 0) is 62.7 Å². The molecule has 0 aliphatic carbocycles. The van der Waals surface area contributed by atoms with E-state index < -0.39 is 17.6 Å². The maximum absolute atomic E-state index is 13.2. The quantitative estimate of drug-likeness (QED) is 0.579. The maximum atomic E-state index is 13.2. The van der Waals surface area contributed by atoms with E-state index >= 15 is 0 Å². The largest absolute Gasteiger partial charge is 0.506 e. The SMILES string of the molecule is Cc1c(CC(=O)NC(C)C)c2cc(O)c(Cl)cc2n1C(=O)c1ccc(C(F)(F)F)cc1. The first-order chi connectivity index (χ1) is 14.4. The lowest BCUT2D eigenvalue weighted by Crippen LogP contribution is -2.31. The molecule has 0 radical (unpaired) electrons. The number of nitrogens with zero attached hydrogens (tertiary/aromatic N) is 1. The van der Waals surface area contributed by atoms with Crippen molar-refractivity contribution in [3.63, 3.8) is 0 Å². The lowest BCUT2D eigenvalue weighted by molar-refractivity contribution is -0.137. The fourth-order valence-corrected chi connectivity index (χ4v) is 3.60. The van der Waals surface area contributed by atoms with Crippen LogP contribution in [0.4, 0.5) is 13.2 Å². The number of aromatic hydroxyl groups is 1. The predicted octanol–water partition coefficient (Wildman–Crippen LogP) is 5.08. The number of rotatable bonds is 4. The highest BCUT2D eigenvalue weighted by Crippen LogP contribution is 2.35. The van der Waals surface area contributed by atoms with Gasteiger partial charge in [0.25, 0.3) is 5.91 Å². The summed E-state index contributed by atoms with van der Waals surface area (Å²) in [5, 5.41) is 13.3. The number of halogens is 4. The number of hydrogen-bond acceptors (Lipinski definition) is 3. The summed E-state index contributed by atoms with van der Waals surface area (Å²) in [6.45, 7) is 5.26. The minimum Gasteiger partial charge on any atom is -0.506 e. The van der Waals surface area contributed by atoms with Crippen LogP contribution in [0.3, 0.4) is 0 Å². The van der Waals surface area contributed by atoms with Gasteiger partial charge < -0.3 is 10.4 Å². The van der Waals surface area contributed by atoms with E-state index in [1.54, 1.807) is 6.92 Å². The Morgan fingerprint density at radius 2 is 1.77 bits per heavy atom. The molecule has 0 fully saturated rings. The zero-order valence-electron chi connectivity index (χ0n) is 17.0. The summed E-state index contributed by atoms with van der Waals surface area (Å²) in [7, 11) is 0. The third-order valence-electron chi connectivity index (χ3n) is 4.85. The van der Waals surface area contributed by atoms with Crippen molar-refractivity contribution in [2.24, 2.45) is 0 Å². The molecular weight excluding hydrogens is 433 g/mol. The number of carbonyl (C=O) groups excluding carboxylic acids is 2. The van der Waals surface area contributed by atoms with Gasteiger partial charge in [0.2, 0.25) is 5.91 Å². The van der Waals surface area contributed by atoms with Crippen molar-refractivity contribution in [3.8, 4) is 5.75 Å². The van der Waals surface area contributed by atoms with Gasteiger partial charge in [0.15, 0.2) is 0 Å². The standard InChI is InChI=1S/C22H20ClF3N2O3/c1-11(2)27-20(30)9-15-12(3)28(18-10-17(23)19(29)8-16(15)18)21(31)13-4-6-14(7-5-13)22(24,25)26/h4-8,10-11,29H,9H2,1-3H3,(H,27,30). The highest BCUT2D eigenvalue weighted by atomic mass is 35.5. The number of amides is 1. The van der Waals surface area contributed by atoms with E-state index in [2.05, 4.69) is 5.32 Å². The second-order valence-corrected chi connectivity index (χ2v) is 7.91. The molecule has 0 unspecified atom stereocenters. The molecule has 5 nitrogen and oxygen atoms in total. The van der Waals surface area contributed by atoms with Crippen LogP contribution >= 0.6 is 11.6 Å². The molecule has 1 aromatic heterocycles. The molecule has 1 heterocycles. The molecule has 3 aromatic rings. The molecule has 31 heavy (non-hydrogen) atoms. The molecule has 0 aliphatic heterocycles. The number of aromatic nitrogens is 1. The summed E-state index contributed by atoms with van der Waals surface area (Å²) in [6, 6.07) is 6.56. The second-order valence-electron chi connectivity index (χ2n) is 7.50. The van der Waals surface area contributed by atoms with Crippen LogP contribution < -0.4 is 5.32 Å². The Labute approximate surface area is 181 Å². The summed E-state index contributed by atoms with van der Waals surface area (Å²) in [5.74, 6) is -1.05. The Bertz CT molecular complexity index is 1170. The number of carbonyl (C=O) groups is 2. The smallest absolute Gasteiger partial charge is 0.416 e. The highest BCUT2D eigenvalue weighted by molar-refractivity contribution is 6.33. The maximum Gasteiger partial charge on any atom is 0.416 e. The number of benzene rings is 2. The Morgan fingerprint density at radius 3 is 2.32 bits per heavy atom. The topological polar surface area (TPSA) is 71.3 Å². The highest BCUT2D eigenvalue weighted by Gasteiger charge is 2.30. The summed E-state index contributed by atoms with van der Waals surface area (Å²) in [6.07, 6.45) is -4.56. The summed E-state index contributed by atoms with van der Waals surface area (Å²) < 4.78 is 39.8. The van der Waals surface area contributed by atoms with Crippen molar-refractivity contribution >= 4 is 34.3 Å². The molecule has 3 rings (SSSR count). The van der Waals surface area contributed by atoms with Gasteiger partial charge in [0.05, 0.1) is 22.5 Å². The van der Waals surface area contributed by atoms with Crippen molar-refractivity contribution in [3.05, 3.63) is 63.8 Å². The molecule has 164 valence electrons. The molecule has 0 bridgehead atoms. The zero-order valence-corrected chi connectivity index (χ0v) is 17.7. The number of phenolic OH excluding ortho intramolecular Hbond substituents is 1. The summed E-state index contributed by atoms with van der Waals surface area (Å²) >= 11 is 6.04. The van der Waals surface area contributed by atoms with E-state index in [1.165, 1.54) is 16.7 Å². The van der Waals surface area contributed by atoms with E-state index in [0.717, 1.165) is 24.3 Å². The van der Waals surface area contributed by atoms with Gasteiger partial charge in [0.1, 0.15) is 5.75 Å². The van der Waals surface area contributed by atoms with Crippen molar-refractivity contribution in [1.29, 1.82) is 0 Å². The van der Waals surface area contributed by atoms with Crippen LogP contribution in [0.25, 0.3) is 10.9 Å². The van der Waals surface area contributed by atoms with Gasteiger partial charge in [-0.25, -0.2) is 0 Å². The van der Waals surface area contributed by atoms with Crippen LogP contribution in [-0.4, -0.2) is 27.5 Å². The predicted molar refractivity (Wildman–Crippen MR) is 112 cm³/mol. The molecule has 9 heteroatoms. The van der Waals surface area contributed by atoms with Crippen LogP contribution in [0.15, 0.2) is 36.4 Å². The molecule has 0 spiro atoms. The van der Waals surface area contributed by atoms with Crippen molar-refractivity contribution in [2.45, 2.75) is 39.4 Å². The van der Waals surface area contributed by atoms with E-state index in [-0.39, 0.29) is 34.7 Å². The molecule has 2 aromatic carbocycles. The molecular formula is C22H20ClF3N2O3. The molecule has 0 saturated heterocycles. The Kier molecular flexibility index (Phi) is 6.04. The summed E-state index contributed by atoms with van der Waals surface area (Å²) in [5.41, 5.74) is 0.464. The minimum atomic E-state index is -4.51. The number of hydrogen-bond donors (Lipinski definition) is 2. The monoisotopic (exact) mass is 452 g/mol. The van der Waals surface area contributed by atoms with Gasteiger partial charge in [0, 0.05) is 22.7 Å². The van der Waals surface area contributed by atoms with Crippen molar-refractivity contribution in [2.75, 3.05) is 0 Å². The first-order valence-electron chi connectivity index (χ1n) is 9.44. The lowest BCUT2D eigenvalue weighted by atomic mass is 10.1. The molecule has 1 amide bonds. The van der Waals surface area contributed by atoms with Crippen molar-refractivity contribution < 1.29 is 27.9 Å². The Balaban J connectivity index is 2.13. The Morgan fingerprint density at radius 1 is 1.16 bits per heavy atom. The van der Waals surface area contributed by atoms with E-state index in [1.807, 2.05) is 13.8 Å². The normalized spacial score (nSPS) is 11.9. The third-order valence-corrected chi connectivity index (χ3v) is 5.16. The van der Waals surface area contributed by atoms with Gasteiger partial charge in [-0.2, -0.15) is 13.2 Å². The number of nitrogens with one attached hydrogen (secondary N) is 1. The third kappa shape index (κ3) is 4.54. The van der Waals surface area contributed by atoms with Gasteiger partial charge >= 0.3 is 6.18 Å². The molecule has 2 N–H and O–H groups in total. The van der Waals surface area contributed by atoms with E-state index in [9.17, 15) is 27.9 Å². The first-order valence-corrected chi connectivity index (χ1v) is 9.81. The lowest BCUT2D eigenvalue weighted by Gasteiger charge is -2.11. The Hall–Kier alpha value is -3.00. The minimum absolute atomic E-state index is 0.00431. The first kappa shape index (κ1) is 22.7. The fourth-order valence-electron chi connectivity index (χ4n) is 3.44. The summed E-state index contributed by atoms with van der Waals surface area (Å²) in [4.78, 5) is 25.5. The second kappa shape index (κ2) is 8.26. The van der Waals surface area contributed by atoms with Crippen LogP contribution in [0, 0.1) is 6.92 Å². The number of alkyl halides is 3. The number of phenols is 1. The number of fused-ring (bicyclic) bond motifs is 1.